The van der Waals surface area contributed by atoms with Crippen LogP contribution in [-0.4, -0.2) is 17.4 Å². The minimum atomic E-state index is -4.70. The Morgan fingerprint density at radius 2 is 1.96 bits per heavy atom. The Morgan fingerprint density at radius 3 is 2.61 bits per heavy atom. The maximum absolute atomic E-state index is 12.7. The zero-order chi connectivity index (χ0) is 20.7. The number of halogens is 3. The van der Waals surface area contributed by atoms with E-state index in [1.54, 1.807) is 24.3 Å². The van der Waals surface area contributed by atoms with Gasteiger partial charge in [0, 0.05) is 18.2 Å². The van der Waals surface area contributed by atoms with Gasteiger partial charge in [-0.05, 0) is 18.2 Å². The second kappa shape index (κ2) is 8.85. The highest BCUT2D eigenvalue weighted by Gasteiger charge is 2.33. The highest BCUT2D eigenvalue weighted by Crippen LogP contribution is 2.34. The predicted molar refractivity (Wildman–Crippen MR) is 92.2 cm³/mol. The van der Waals surface area contributed by atoms with Crippen molar-refractivity contribution in [2.24, 2.45) is 0 Å². The molecule has 7 nitrogen and oxygen atoms in total. The van der Waals surface area contributed by atoms with Crippen LogP contribution in [0, 0.1) is 21.4 Å². The van der Waals surface area contributed by atoms with Gasteiger partial charge in [-0.3, -0.25) is 14.9 Å². The molecule has 0 aliphatic carbocycles. The van der Waals surface area contributed by atoms with E-state index in [-0.39, 0.29) is 25.3 Å². The van der Waals surface area contributed by atoms with Crippen molar-refractivity contribution < 1.29 is 27.6 Å². The molecule has 0 unspecified atom stereocenters. The molecule has 0 amide bonds. The number of anilines is 1. The van der Waals surface area contributed by atoms with E-state index >= 15 is 0 Å². The van der Waals surface area contributed by atoms with E-state index in [1.807, 2.05) is 6.07 Å². The summed E-state index contributed by atoms with van der Waals surface area (Å²) >= 11 is 0. The second-order valence-corrected chi connectivity index (χ2v) is 5.59. The molecule has 0 fully saturated rings. The number of nitro benzene ring substituents is 1. The van der Waals surface area contributed by atoms with Gasteiger partial charge < -0.3 is 10.1 Å². The largest absolute Gasteiger partial charge is 0.461 e. The molecule has 0 heterocycles. The van der Waals surface area contributed by atoms with Gasteiger partial charge in [0.1, 0.15) is 12.3 Å². The van der Waals surface area contributed by atoms with Crippen LogP contribution in [0.25, 0.3) is 0 Å². The Kier molecular flexibility index (Phi) is 6.55. The highest BCUT2D eigenvalue weighted by molar-refractivity contribution is 5.71. The summed E-state index contributed by atoms with van der Waals surface area (Å²) in [6.07, 6.45) is -4.88. The van der Waals surface area contributed by atoms with Crippen LogP contribution >= 0.6 is 0 Å². The molecule has 0 bridgehead atoms. The minimum absolute atomic E-state index is 0.0784. The van der Waals surface area contributed by atoms with Crippen LogP contribution in [0.1, 0.15) is 23.1 Å². The number of carbonyl (C=O) groups excluding carboxylic acids is 1. The molecule has 0 radical (unpaired) electrons. The number of esters is 1. The van der Waals surface area contributed by atoms with Gasteiger partial charge >= 0.3 is 12.1 Å². The zero-order valence-electron chi connectivity index (χ0n) is 14.3. The lowest BCUT2D eigenvalue weighted by Gasteiger charge is -2.11. The number of benzene rings is 2. The van der Waals surface area contributed by atoms with Gasteiger partial charge in [-0.15, -0.1) is 0 Å². The first-order chi connectivity index (χ1) is 13.2. The van der Waals surface area contributed by atoms with E-state index in [0.29, 0.717) is 23.3 Å². The first-order valence-corrected chi connectivity index (χ1v) is 7.95. The van der Waals surface area contributed by atoms with Crippen molar-refractivity contribution in [1.82, 2.24) is 0 Å². The van der Waals surface area contributed by atoms with Crippen LogP contribution in [0.2, 0.25) is 0 Å². The van der Waals surface area contributed by atoms with E-state index in [2.05, 4.69) is 5.32 Å². The maximum atomic E-state index is 12.7. The van der Waals surface area contributed by atoms with Gasteiger partial charge in [0.25, 0.3) is 5.69 Å². The van der Waals surface area contributed by atoms with Gasteiger partial charge in [-0.25, -0.2) is 0 Å². The van der Waals surface area contributed by atoms with E-state index in [0.717, 1.165) is 6.07 Å². The maximum Gasteiger partial charge on any atom is 0.416 e. The lowest BCUT2D eigenvalue weighted by molar-refractivity contribution is -0.384. The Hall–Kier alpha value is -3.61. The zero-order valence-corrected chi connectivity index (χ0v) is 14.3. The van der Waals surface area contributed by atoms with Gasteiger partial charge in [-0.1, -0.05) is 18.2 Å². The number of nitro groups is 1. The summed E-state index contributed by atoms with van der Waals surface area (Å²) in [4.78, 5) is 21.8. The number of ether oxygens (including phenoxy) is 1. The fourth-order valence-corrected chi connectivity index (χ4v) is 2.29. The summed E-state index contributed by atoms with van der Waals surface area (Å²) in [7, 11) is 0. The Bertz CT molecular complexity index is 923. The fourth-order valence-electron chi connectivity index (χ4n) is 2.29. The number of carbonyl (C=O) groups is 1. The number of rotatable bonds is 7. The molecule has 2 aromatic carbocycles. The van der Waals surface area contributed by atoms with E-state index in [1.165, 1.54) is 0 Å². The summed E-state index contributed by atoms with van der Waals surface area (Å²) in [6, 6.07) is 10.6. The Labute approximate surface area is 157 Å². The van der Waals surface area contributed by atoms with Crippen molar-refractivity contribution >= 4 is 17.3 Å². The lowest BCUT2D eigenvalue weighted by atomic mass is 10.1. The molecule has 0 saturated carbocycles. The van der Waals surface area contributed by atoms with Crippen LogP contribution in [0.5, 0.6) is 0 Å². The van der Waals surface area contributed by atoms with Crippen molar-refractivity contribution in [2.45, 2.75) is 19.2 Å². The van der Waals surface area contributed by atoms with Crippen LogP contribution in [-0.2, 0) is 22.3 Å². The third-order valence-corrected chi connectivity index (χ3v) is 3.69. The van der Waals surface area contributed by atoms with E-state index in [9.17, 15) is 28.1 Å². The van der Waals surface area contributed by atoms with Crippen molar-refractivity contribution in [3.8, 4) is 6.07 Å². The molecule has 2 rings (SSSR count). The molecule has 0 saturated heterocycles. The fraction of sp³-hybridized carbons (Fsp3) is 0.222. The first kappa shape index (κ1) is 20.7. The quantitative estimate of drug-likeness (QED) is 0.433. The predicted octanol–water partition coefficient (Wildman–Crippen LogP) is 4.03. The molecule has 2 aromatic rings. The molecule has 28 heavy (non-hydrogen) atoms. The van der Waals surface area contributed by atoms with E-state index < -0.39 is 28.3 Å². The van der Waals surface area contributed by atoms with Crippen LogP contribution in [0.3, 0.4) is 0 Å². The Morgan fingerprint density at radius 1 is 1.25 bits per heavy atom. The topological polar surface area (TPSA) is 105 Å². The molecular formula is C18H14F3N3O4. The molecular weight excluding hydrogens is 379 g/mol. The number of nitriles is 1. The molecule has 0 spiro atoms. The van der Waals surface area contributed by atoms with Crippen molar-refractivity contribution in [3.63, 3.8) is 0 Å². The van der Waals surface area contributed by atoms with Gasteiger partial charge in [0.2, 0.25) is 0 Å². The summed E-state index contributed by atoms with van der Waals surface area (Å²) in [5.41, 5.74) is -1.12. The lowest BCUT2D eigenvalue weighted by Crippen LogP contribution is -2.13. The number of hydrogen-bond acceptors (Lipinski definition) is 6. The van der Waals surface area contributed by atoms with Gasteiger partial charge in [0.15, 0.2) is 0 Å². The molecule has 146 valence electrons. The van der Waals surface area contributed by atoms with Crippen molar-refractivity contribution in [2.75, 3.05) is 11.9 Å². The number of nitrogens with zero attached hydrogens (tertiary/aromatic N) is 2. The van der Waals surface area contributed by atoms with Crippen molar-refractivity contribution in [3.05, 3.63) is 69.3 Å². The number of nitrogens with one attached hydrogen (secondary N) is 1. The summed E-state index contributed by atoms with van der Waals surface area (Å²) in [5, 5.41) is 22.5. The Balaban J connectivity index is 1.93. The van der Waals surface area contributed by atoms with E-state index in [4.69, 9.17) is 10.00 Å². The van der Waals surface area contributed by atoms with Crippen LogP contribution in [0.4, 0.5) is 24.5 Å². The van der Waals surface area contributed by atoms with Gasteiger partial charge in [0.05, 0.1) is 28.5 Å². The minimum Gasteiger partial charge on any atom is -0.461 e. The van der Waals surface area contributed by atoms with Crippen LogP contribution in [0.15, 0.2) is 42.5 Å². The highest BCUT2D eigenvalue weighted by atomic mass is 19.4. The molecule has 0 aromatic heterocycles. The molecule has 10 heteroatoms. The second-order valence-electron chi connectivity index (χ2n) is 5.59. The third-order valence-electron chi connectivity index (χ3n) is 3.69. The average Bonchev–Trinajstić information content (AvgIpc) is 2.65. The monoisotopic (exact) mass is 393 g/mol. The molecule has 0 aliphatic rings. The summed E-state index contributed by atoms with van der Waals surface area (Å²) in [6.45, 7) is -0.187. The number of alkyl halides is 3. The SMILES string of the molecule is N#Cc1ccccc1COC(=O)CCNc1ccc(C(F)(F)F)cc1[N+](=O)[O-]. The molecule has 0 atom stereocenters. The summed E-state index contributed by atoms with van der Waals surface area (Å²) < 4.78 is 43.1. The smallest absolute Gasteiger partial charge is 0.416 e. The standard InChI is InChI=1S/C18H14F3N3O4/c19-18(20,21)14-5-6-15(16(9-14)24(26)27)23-8-7-17(25)28-11-13-4-2-1-3-12(13)10-22/h1-6,9,23H,7-8,11H2. The number of hydrogen-bond donors (Lipinski definition) is 1. The molecule has 1 N–H and O–H groups in total. The first-order valence-electron chi connectivity index (χ1n) is 7.95. The van der Waals surface area contributed by atoms with Gasteiger partial charge in [-0.2, -0.15) is 18.4 Å². The molecule has 0 aliphatic heterocycles. The van der Waals surface area contributed by atoms with Crippen LogP contribution < -0.4 is 5.32 Å². The normalized spacial score (nSPS) is 10.8. The summed E-state index contributed by atoms with van der Waals surface area (Å²) in [5.74, 6) is -0.630. The average molecular weight is 393 g/mol. The third kappa shape index (κ3) is 5.44. The van der Waals surface area contributed by atoms with Crippen molar-refractivity contribution in [1.29, 1.82) is 5.26 Å².